The molecule has 0 saturated carbocycles. The van der Waals surface area contributed by atoms with E-state index in [0.717, 1.165) is 5.56 Å². The van der Waals surface area contributed by atoms with Gasteiger partial charge in [-0.3, -0.25) is 4.79 Å². The number of hydrogen-bond acceptors (Lipinski definition) is 4. The second kappa shape index (κ2) is 6.37. The van der Waals surface area contributed by atoms with Crippen LogP contribution in [0.15, 0.2) is 51.8 Å². The fourth-order valence-electron chi connectivity index (χ4n) is 1.32. The Morgan fingerprint density at radius 1 is 1.33 bits per heavy atom. The van der Waals surface area contributed by atoms with Crippen LogP contribution < -0.4 is 5.43 Å². The first-order valence-corrected chi connectivity index (χ1v) is 7.41. The molecule has 5 heteroatoms. The zero-order chi connectivity index (χ0) is 12.8. The summed E-state index contributed by atoms with van der Waals surface area (Å²) >= 11 is 3.09. The van der Waals surface area contributed by atoms with Crippen LogP contribution in [0.2, 0.25) is 0 Å². The van der Waals surface area contributed by atoms with E-state index in [0.29, 0.717) is 4.88 Å². The van der Waals surface area contributed by atoms with Crippen LogP contribution in [0.25, 0.3) is 0 Å². The van der Waals surface area contributed by atoms with Crippen LogP contribution in [0.3, 0.4) is 0 Å². The van der Waals surface area contributed by atoms with Crippen LogP contribution in [-0.2, 0) is 0 Å². The van der Waals surface area contributed by atoms with Crippen LogP contribution in [0.5, 0.6) is 0 Å². The van der Waals surface area contributed by atoms with Crippen molar-refractivity contribution in [3.8, 4) is 0 Å². The average molecular weight is 276 g/mol. The third kappa shape index (κ3) is 3.45. The van der Waals surface area contributed by atoms with Gasteiger partial charge in [0.25, 0.3) is 5.91 Å². The minimum atomic E-state index is -0.179. The van der Waals surface area contributed by atoms with Crippen LogP contribution >= 0.6 is 23.1 Å². The molecule has 2 aromatic rings. The van der Waals surface area contributed by atoms with Crippen molar-refractivity contribution >= 4 is 35.2 Å². The summed E-state index contributed by atoms with van der Waals surface area (Å²) < 4.78 is 0. The molecule has 92 valence electrons. The normalized spacial score (nSPS) is 10.7. The van der Waals surface area contributed by atoms with E-state index in [1.807, 2.05) is 42.0 Å². The molecule has 1 N–H and O–H groups in total. The second-order valence-electron chi connectivity index (χ2n) is 3.45. The maximum atomic E-state index is 11.6. The Labute approximate surface area is 114 Å². The van der Waals surface area contributed by atoms with Crippen molar-refractivity contribution in [3.63, 3.8) is 0 Å². The van der Waals surface area contributed by atoms with E-state index in [1.54, 1.807) is 24.0 Å². The molecule has 0 aliphatic rings. The summed E-state index contributed by atoms with van der Waals surface area (Å²) in [5.41, 5.74) is 3.46. The summed E-state index contributed by atoms with van der Waals surface area (Å²) in [5.74, 6) is -0.179. The van der Waals surface area contributed by atoms with Crippen molar-refractivity contribution in [3.05, 3.63) is 52.2 Å². The van der Waals surface area contributed by atoms with E-state index in [9.17, 15) is 4.79 Å². The Kier molecular flexibility index (Phi) is 4.55. The molecular formula is C13H12N2OS2. The molecule has 0 bridgehead atoms. The number of amides is 1. The molecule has 0 fully saturated rings. The summed E-state index contributed by atoms with van der Waals surface area (Å²) in [6.07, 6.45) is 3.67. The molecule has 0 unspecified atom stereocenters. The molecule has 2 rings (SSSR count). The maximum Gasteiger partial charge on any atom is 0.281 e. The summed E-state index contributed by atoms with van der Waals surface area (Å²) in [5, 5.41) is 5.79. The molecule has 1 aromatic heterocycles. The lowest BCUT2D eigenvalue weighted by molar-refractivity contribution is 0.0959. The number of thioether (sulfide) groups is 1. The molecule has 0 radical (unpaired) electrons. The van der Waals surface area contributed by atoms with Gasteiger partial charge in [0.2, 0.25) is 0 Å². The highest BCUT2D eigenvalue weighted by atomic mass is 32.2. The van der Waals surface area contributed by atoms with Gasteiger partial charge in [-0.05, 0) is 35.4 Å². The molecule has 0 aliphatic carbocycles. The van der Waals surface area contributed by atoms with Gasteiger partial charge in [-0.2, -0.15) is 5.10 Å². The zero-order valence-electron chi connectivity index (χ0n) is 9.79. The van der Waals surface area contributed by atoms with E-state index >= 15 is 0 Å². The van der Waals surface area contributed by atoms with Crippen LogP contribution in [-0.4, -0.2) is 18.4 Å². The van der Waals surface area contributed by atoms with Crippen molar-refractivity contribution in [2.75, 3.05) is 6.26 Å². The molecular weight excluding hydrogens is 264 g/mol. The van der Waals surface area contributed by atoms with E-state index in [1.165, 1.54) is 16.2 Å². The standard InChI is InChI=1S/C13H12N2OS2/c1-17-11-6-4-10(5-7-11)9-14-15-13(16)12-3-2-8-18-12/h2-9H,1H3,(H,15,16)/b14-9+. The van der Waals surface area contributed by atoms with E-state index < -0.39 is 0 Å². The maximum absolute atomic E-state index is 11.6. The first kappa shape index (κ1) is 12.9. The van der Waals surface area contributed by atoms with Gasteiger partial charge < -0.3 is 0 Å². The number of hydrazone groups is 1. The fourth-order valence-corrected chi connectivity index (χ4v) is 2.34. The van der Waals surface area contributed by atoms with Crippen molar-refractivity contribution in [2.24, 2.45) is 5.10 Å². The first-order chi connectivity index (χ1) is 8.79. The number of carbonyl (C=O) groups excluding carboxylic acids is 1. The molecule has 3 nitrogen and oxygen atoms in total. The minimum absolute atomic E-state index is 0.179. The van der Waals surface area contributed by atoms with E-state index in [4.69, 9.17) is 0 Å². The summed E-state index contributed by atoms with van der Waals surface area (Å²) in [6, 6.07) is 11.6. The predicted octanol–water partition coefficient (Wildman–Crippen LogP) is 3.23. The molecule has 1 amide bonds. The lowest BCUT2D eigenvalue weighted by atomic mass is 10.2. The number of nitrogens with zero attached hydrogens (tertiary/aromatic N) is 1. The summed E-state index contributed by atoms with van der Waals surface area (Å²) in [4.78, 5) is 13.4. The Morgan fingerprint density at radius 2 is 2.11 bits per heavy atom. The van der Waals surface area contributed by atoms with Crippen molar-refractivity contribution < 1.29 is 4.79 Å². The first-order valence-electron chi connectivity index (χ1n) is 5.30. The van der Waals surface area contributed by atoms with E-state index in [-0.39, 0.29) is 5.91 Å². The second-order valence-corrected chi connectivity index (χ2v) is 5.28. The molecule has 1 heterocycles. The lowest BCUT2D eigenvalue weighted by Gasteiger charge is -1.97. The fraction of sp³-hybridized carbons (Fsp3) is 0.0769. The average Bonchev–Trinajstić information content (AvgIpc) is 2.93. The Bertz CT molecular complexity index is 533. The van der Waals surface area contributed by atoms with Crippen molar-refractivity contribution in [1.82, 2.24) is 5.43 Å². The predicted molar refractivity (Wildman–Crippen MR) is 77.6 cm³/mol. The number of hydrogen-bond donors (Lipinski definition) is 1. The highest BCUT2D eigenvalue weighted by Crippen LogP contribution is 2.13. The van der Waals surface area contributed by atoms with Gasteiger partial charge in [-0.1, -0.05) is 18.2 Å². The summed E-state index contributed by atoms with van der Waals surface area (Å²) in [6.45, 7) is 0. The topological polar surface area (TPSA) is 41.5 Å². The number of thiophene rings is 1. The van der Waals surface area contributed by atoms with Crippen LogP contribution in [0, 0.1) is 0 Å². The lowest BCUT2D eigenvalue weighted by Crippen LogP contribution is -2.16. The van der Waals surface area contributed by atoms with Crippen molar-refractivity contribution in [2.45, 2.75) is 4.90 Å². The molecule has 18 heavy (non-hydrogen) atoms. The minimum Gasteiger partial charge on any atom is -0.266 e. The van der Waals surface area contributed by atoms with Gasteiger partial charge in [-0.25, -0.2) is 5.43 Å². The highest BCUT2D eigenvalue weighted by Gasteiger charge is 2.03. The SMILES string of the molecule is CSc1ccc(/C=N/NC(=O)c2cccs2)cc1. The van der Waals surface area contributed by atoms with Crippen molar-refractivity contribution in [1.29, 1.82) is 0 Å². The van der Waals surface area contributed by atoms with Gasteiger partial charge in [0.05, 0.1) is 11.1 Å². The van der Waals surface area contributed by atoms with Crippen LogP contribution in [0.1, 0.15) is 15.2 Å². The summed E-state index contributed by atoms with van der Waals surface area (Å²) in [7, 11) is 0. The van der Waals surface area contributed by atoms with E-state index in [2.05, 4.69) is 10.5 Å². The highest BCUT2D eigenvalue weighted by molar-refractivity contribution is 7.98. The quantitative estimate of drug-likeness (QED) is 0.529. The van der Waals surface area contributed by atoms with Crippen LogP contribution in [0.4, 0.5) is 0 Å². The number of nitrogens with one attached hydrogen (secondary N) is 1. The zero-order valence-corrected chi connectivity index (χ0v) is 11.4. The van der Waals surface area contributed by atoms with Gasteiger partial charge in [-0.15, -0.1) is 23.1 Å². The van der Waals surface area contributed by atoms with Gasteiger partial charge >= 0.3 is 0 Å². The Balaban J connectivity index is 1.93. The number of benzene rings is 1. The third-order valence-corrected chi connectivity index (χ3v) is 3.85. The molecule has 0 saturated heterocycles. The molecule has 0 aliphatic heterocycles. The molecule has 0 atom stereocenters. The number of rotatable bonds is 4. The monoisotopic (exact) mass is 276 g/mol. The molecule has 1 aromatic carbocycles. The molecule has 0 spiro atoms. The van der Waals surface area contributed by atoms with Gasteiger partial charge in [0.15, 0.2) is 0 Å². The smallest absolute Gasteiger partial charge is 0.266 e. The largest absolute Gasteiger partial charge is 0.281 e. The van der Waals surface area contributed by atoms with Gasteiger partial charge in [0, 0.05) is 4.90 Å². The number of carbonyl (C=O) groups is 1. The Morgan fingerprint density at radius 3 is 2.72 bits per heavy atom. The van der Waals surface area contributed by atoms with Gasteiger partial charge in [0.1, 0.15) is 0 Å². The third-order valence-electron chi connectivity index (χ3n) is 2.24. The Hall–Kier alpha value is -1.59.